The van der Waals surface area contributed by atoms with Crippen LogP contribution in [0.5, 0.6) is 0 Å². The maximum absolute atomic E-state index is 14.1. The molecule has 1 aromatic rings. The first-order valence-corrected chi connectivity index (χ1v) is 18.1. The molecule has 1 aromatic carbocycles. The number of nitrogens with zero attached hydrogens (tertiary/aromatic N) is 2. The van der Waals surface area contributed by atoms with Gasteiger partial charge in [0.05, 0.1) is 36.2 Å². The van der Waals surface area contributed by atoms with Crippen LogP contribution in [0.2, 0.25) is 0 Å². The van der Waals surface area contributed by atoms with Gasteiger partial charge < -0.3 is 48.7 Å². The highest BCUT2D eigenvalue weighted by Crippen LogP contribution is 2.38. The van der Waals surface area contributed by atoms with Crippen LogP contribution in [0.25, 0.3) is 0 Å². The van der Waals surface area contributed by atoms with E-state index in [1.807, 2.05) is 63.2 Å². The van der Waals surface area contributed by atoms with Crippen LogP contribution in [0.1, 0.15) is 80.2 Å². The van der Waals surface area contributed by atoms with Crippen LogP contribution in [-0.2, 0) is 44.7 Å². The Morgan fingerprint density at radius 1 is 1.02 bits per heavy atom. The lowest BCUT2D eigenvalue weighted by molar-refractivity contribution is -0.295. The molecule has 13 heteroatoms. The monoisotopic (exact) mass is 722 g/mol. The average Bonchev–Trinajstić information content (AvgIpc) is 3.10. The molecule has 2 saturated heterocycles. The highest BCUT2D eigenvalue weighted by molar-refractivity contribution is 6.00. The van der Waals surface area contributed by atoms with E-state index >= 15 is 0 Å². The van der Waals surface area contributed by atoms with Crippen molar-refractivity contribution < 1.29 is 53.4 Å². The number of esters is 1. The number of cyclic esters (lactones) is 1. The lowest BCUT2D eigenvalue weighted by atomic mass is 9.74. The molecule has 0 aliphatic carbocycles. The van der Waals surface area contributed by atoms with Crippen molar-refractivity contribution >= 4 is 17.5 Å². The summed E-state index contributed by atoms with van der Waals surface area (Å²) in [6.07, 6.45) is -5.09. The molecule has 51 heavy (non-hydrogen) atoms. The third-order valence-corrected chi connectivity index (χ3v) is 10.8. The van der Waals surface area contributed by atoms with Crippen molar-refractivity contribution in [2.24, 2.45) is 28.8 Å². The predicted molar refractivity (Wildman–Crippen MR) is 190 cm³/mol. The summed E-state index contributed by atoms with van der Waals surface area (Å²) in [6.45, 7) is 13.6. The number of Topliss-reactive ketones (excluding diaryl/α,β-unsaturated/α-hetero) is 1. The van der Waals surface area contributed by atoms with Gasteiger partial charge in [0.1, 0.15) is 23.7 Å². The largest absolute Gasteiger partial charge is 0.459 e. The molecule has 3 rings (SSSR count). The Morgan fingerprint density at radius 2 is 1.67 bits per heavy atom. The van der Waals surface area contributed by atoms with E-state index < -0.39 is 77.3 Å². The number of methoxy groups -OCH3 is 1. The fraction of sp³-hybridized carbons (Fsp3) is 0.763. The quantitative estimate of drug-likeness (QED) is 0.106. The van der Waals surface area contributed by atoms with Crippen LogP contribution < -0.4 is 0 Å². The number of aliphatic hydroxyl groups excluding tert-OH is 2. The molecule has 3 N–H and O–H groups in total. The number of carbonyl (C=O) groups is 2. The van der Waals surface area contributed by atoms with Crippen LogP contribution in [-0.4, -0.2) is 120 Å². The number of aliphatic hydroxyl groups is 3. The molecule has 2 aliphatic heterocycles. The van der Waals surface area contributed by atoms with Gasteiger partial charge in [-0.1, -0.05) is 63.2 Å². The van der Waals surface area contributed by atoms with Gasteiger partial charge in [0.2, 0.25) is 6.79 Å². The van der Waals surface area contributed by atoms with Crippen molar-refractivity contribution in [3.63, 3.8) is 0 Å². The smallest absolute Gasteiger partial charge is 0.316 e. The number of likely N-dealkylation sites (N-methyl/N-ethyl adjacent to an activating group) is 1. The number of hydrogen-bond donors (Lipinski definition) is 3. The summed E-state index contributed by atoms with van der Waals surface area (Å²) in [5.74, 6) is -4.78. The molecule has 0 saturated carbocycles. The second-order valence-electron chi connectivity index (χ2n) is 15.1. The van der Waals surface area contributed by atoms with E-state index in [0.717, 1.165) is 5.56 Å². The Morgan fingerprint density at radius 3 is 2.25 bits per heavy atom. The molecule has 2 heterocycles. The minimum Gasteiger partial charge on any atom is -0.459 e. The zero-order chi connectivity index (χ0) is 38.3. The molecule has 13 atom stereocenters. The van der Waals surface area contributed by atoms with E-state index in [9.17, 15) is 24.9 Å². The van der Waals surface area contributed by atoms with Crippen molar-refractivity contribution in [1.29, 1.82) is 0 Å². The number of hydrogen-bond acceptors (Lipinski definition) is 13. The van der Waals surface area contributed by atoms with Crippen LogP contribution in [0, 0.1) is 23.7 Å². The molecular weight excluding hydrogens is 660 g/mol. The third-order valence-electron chi connectivity index (χ3n) is 10.8. The molecule has 2 fully saturated rings. The van der Waals surface area contributed by atoms with Crippen molar-refractivity contribution in [2.45, 2.75) is 135 Å². The van der Waals surface area contributed by atoms with Gasteiger partial charge in [0.25, 0.3) is 0 Å². The second kappa shape index (κ2) is 18.5. The van der Waals surface area contributed by atoms with E-state index in [4.69, 9.17) is 28.5 Å². The summed E-state index contributed by atoms with van der Waals surface area (Å²) in [5.41, 5.74) is -1.81. The summed E-state index contributed by atoms with van der Waals surface area (Å²) in [5, 5.41) is 39.3. The first-order valence-electron chi connectivity index (χ1n) is 18.1. The number of ether oxygens (including phenoxy) is 5. The fourth-order valence-corrected chi connectivity index (χ4v) is 7.49. The minimum atomic E-state index is -1.92. The normalized spacial score (nSPS) is 39.8. The highest BCUT2D eigenvalue weighted by Gasteiger charge is 2.51. The zero-order valence-corrected chi connectivity index (χ0v) is 32.3. The van der Waals surface area contributed by atoms with Gasteiger partial charge in [-0.15, -0.1) is 0 Å². The van der Waals surface area contributed by atoms with Crippen LogP contribution in [0.4, 0.5) is 0 Å². The maximum atomic E-state index is 14.1. The molecule has 0 unspecified atom stereocenters. The Labute approximate surface area is 303 Å². The second-order valence-corrected chi connectivity index (χ2v) is 15.1. The lowest BCUT2D eigenvalue weighted by Gasteiger charge is -2.47. The minimum absolute atomic E-state index is 0.167. The van der Waals surface area contributed by atoms with Gasteiger partial charge in [-0.3, -0.25) is 9.59 Å². The lowest BCUT2D eigenvalue weighted by Crippen LogP contribution is -2.60. The van der Waals surface area contributed by atoms with E-state index in [-0.39, 0.29) is 31.8 Å². The summed E-state index contributed by atoms with van der Waals surface area (Å²) < 4.78 is 30.4. The van der Waals surface area contributed by atoms with E-state index in [1.54, 1.807) is 27.7 Å². The maximum Gasteiger partial charge on any atom is 0.316 e. The molecule has 0 radical (unpaired) electrons. The molecule has 0 bridgehead atoms. The SMILES string of the molecule is CC[C@H]1OC(=O)[C@H](C)C(=O)[C@H](C)[C@@H](O[C@@H]2O[C@H](C)C[C@H](N(C)C)[C@H]2O)[C@](C)(OC)C[C@@H](C)/C(=N\OCOCc2ccccc2)[C@H](C)[C@@H](O)[C@]1(C)O. The van der Waals surface area contributed by atoms with Crippen molar-refractivity contribution in [1.82, 2.24) is 4.90 Å². The fourth-order valence-electron chi connectivity index (χ4n) is 7.49. The van der Waals surface area contributed by atoms with Crippen LogP contribution >= 0.6 is 0 Å². The summed E-state index contributed by atoms with van der Waals surface area (Å²) >= 11 is 0. The van der Waals surface area contributed by atoms with Gasteiger partial charge in [-0.05, 0) is 66.6 Å². The van der Waals surface area contributed by atoms with Crippen molar-refractivity contribution in [2.75, 3.05) is 28.0 Å². The number of rotatable bonds is 10. The third kappa shape index (κ3) is 10.3. The van der Waals surface area contributed by atoms with E-state index in [0.29, 0.717) is 18.7 Å². The summed E-state index contributed by atoms with van der Waals surface area (Å²) in [4.78, 5) is 35.2. The number of ketones is 1. The molecule has 13 nitrogen and oxygen atoms in total. The Kier molecular flexibility index (Phi) is 15.6. The molecule has 0 spiro atoms. The standard InChI is InChI=1S/C38H62N2O11/c1-12-29-38(8,45)33(43)24(4)30(39-48-21-47-20-27-16-14-13-15-17-27)22(2)19-37(7,46-11)34(25(5)31(41)26(6)35(44)50-29)51-36-32(42)28(40(9)10)18-23(3)49-36/h13-17,22-26,28-29,32-34,36,42-43,45H,12,18-21H2,1-11H3/b39-30+/t22-,23-,24+,25+,26-,28+,29-,32-,33-,34-,36+,37-,38-/m1/s1. The first kappa shape index (κ1) is 42.9. The van der Waals surface area contributed by atoms with Gasteiger partial charge in [-0.25, -0.2) is 0 Å². The van der Waals surface area contributed by atoms with Gasteiger partial charge in [-0.2, -0.15) is 0 Å². The molecular formula is C38H62N2O11. The predicted octanol–water partition coefficient (Wildman–Crippen LogP) is 3.70. The molecule has 0 aromatic heterocycles. The molecule has 290 valence electrons. The van der Waals surface area contributed by atoms with Gasteiger partial charge in [0, 0.05) is 30.9 Å². The van der Waals surface area contributed by atoms with Crippen molar-refractivity contribution in [3.05, 3.63) is 35.9 Å². The van der Waals surface area contributed by atoms with Gasteiger partial charge in [0.15, 0.2) is 12.1 Å². The number of oxime groups is 1. The van der Waals surface area contributed by atoms with E-state index in [2.05, 4.69) is 5.16 Å². The average molecular weight is 723 g/mol. The number of carbonyl (C=O) groups excluding carboxylic acids is 2. The topological polar surface area (TPSA) is 166 Å². The van der Waals surface area contributed by atoms with Crippen LogP contribution in [0.3, 0.4) is 0 Å². The summed E-state index contributed by atoms with van der Waals surface area (Å²) in [6, 6.07) is 9.32. The van der Waals surface area contributed by atoms with Crippen molar-refractivity contribution in [3.8, 4) is 0 Å². The van der Waals surface area contributed by atoms with Crippen LogP contribution in [0.15, 0.2) is 35.5 Å². The molecule has 2 aliphatic rings. The Bertz CT molecular complexity index is 1290. The molecule has 0 amide bonds. The zero-order valence-electron chi connectivity index (χ0n) is 32.3. The Hall–Kier alpha value is -2.49. The first-order chi connectivity index (χ1) is 23.9. The highest BCUT2D eigenvalue weighted by atomic mass is 16.7. The van der Waals surface area contributed by atoms with E-state index in [1.165, 1.54) is 21.0 Å². The summed E-state index contributed by atoms with van der Waals surface area (Å²) in [7, 11) is 5.25. The number of benzene rings is 1. The van der Waals surface area contributed by atoms with Gasteiger partial charge >= 0.3 is 5.97 Å². The Balaban J connectivity index is 2.07.